The Morgan fingerprint density at radius 2 is 1.81 bits per heavy atom. The molecule has 0 spiro atoms. The first-order chi connectivity index (χ1) is 13.0. The molecule has 1 saturated heterocycles. The summed E-state index contributed by atoms with van der Waals surface area (Å²) in [5.74, 6) is -0.721. The van der Waals surface area contributed by atoms with Crippen LogP contribution in [-0.4, -0.2) is 36.3 Å². The molecule has 1 aliphatic rings. The SMILES string of the molecule is Cc1cccc(C)c1NC(=O)C(=O)NCC1CCN(Cc2ccsc2)CC1. The lowest BCUT2D eigenvalue weighted by molar-refractivity contribution is -0.136. The van der Waals surface area contributed by atoms with Crippen molar-refractivity contribution in [1.82, 2.24) is 10.2 Å². The van der Waals surface area contributed by atoms with Crippen molar-refractivity contribution in [3.63, 3.8) is 0 Å². The van der Waals surface area contributed by atoms with Crippen molar-refractivity contribution in [3.8, 4) is 0 Å². The van der Waals surface area contributed by atoms with Gasteiger partial charge in [0.1, 0.15) is 0 Å². The minimum Gasteiger partial charge on any atom is -0.348 e. The standard InChI is InChI=1S/C21H27N3O2S/c1-15-4-3-5-16(2)19(15)23-21(26)20(25)22-12-17-6-9-24(10-7-17)13-18-8-11-27-14-18/h3-5,8,11,14,17H,6-7,9-10,12-13H2,1-2H3,(H,22,25)(H,23,26). The van der Waals surface area contributed by atoms with Gasteiger partial charge >= 0.3 is 11.8 Å². The Balaban J connectivity index is 1.41. The van der Waals surface area contributed by atoms with E-state index in [1.165, 1.54) is 5.56 Å². The maximum absolute atomic E-state index is 12.2. The summed E-state index contributed by atoms with van der Waals surface area (Å²) in [4.78, 5) is 26.8. The molecule has 1 aliphatic heterocycles. The Morgan fingerprint density at radius 3 is 2.44 bits per heavy atom. The van der Waals surface area contributed by atoms with Gasteiger partial charge in [-0.3, -0.25) is 14.5 Å². The zero-order valence-corrected chi connectivity index (χ0v) is 16.8. The number of carbonyl (C=O) groups is 2. The van der Waals surface area contributed by atoms with E-state index in [4.69, 9.17) is 0 Å². The molecule has 2 amide bonds. The summed E-state index contributed by atoms with van der Waals surface area (Å²) < 4.78 is 0. The van der Waals surface area contributed by atoms with Gasteiger partial charge in [0, 0.05) is 18.8 Å². The van der Waals surface area contributed by atoms with Gasteiger partial charge in [-0.2, -0.15) is 11.3 Å². The lowest BCUT2D eigenvalue weighted by atomic mass is 9.96. The molecule has 1 aromatic heterocycles. The molecule has 0 aliphatic carbocycles. The second-order valence-corrected chi connectivity index (χ2v) is 8.06. The third-order valence-corrected chi connectivity index (χ3v) is 5.90. The number of carbonyl (C=O) groups excluding carboxylic acids is 2. The normalized spacial score (nSPS) is 15.5. The van der Waals surface area contributed by atoms with Crippen LogP contribution in [0.1, 0.15) is 29.5 Å². The molecule has 0 unspecified atom stereocenters. The molecule has 0 saturated carbocycles. The van der Waals surface area contributed by atoms with E-state index in [1.54, 1.807) is 11.3 Å². The molecule has 2 N–H and O–H groups in total. The van der Waals surface area contributed by atoms with Gasteiger partial charge in [-0.05, 0) is 79.2 Å². The average Bonchev–Trinajstić information content (AvgIpc) is 3.17. The number of para-hydroxylation sites is 1. The predicted molar refractivity (Wildman–Crippen MR) is 110 cm³/mol. The maximum Gasteiger partial charge on any atom is 0.313 e. The van der Waals surface area contributed by atoms with E-state index in [0.717, 1.165) is 49.3 Å². The molecular formula is C21H27N3O2S. The number of aryl methyl sites for hydroxylation is 2. The smallest absolute Gasteiger partial charge is 0.313 e. The van der Waals surface area contributed by atoms with Crippen LogP contribution in [0.5, 0.6) is 0 Å². The van der Waals surface area contributed by atoms with E-state index in [0.29, 0.717) is 12.5 Å². The highest BCUT2D eigenvalue weighted by atomic mass is 32.1. The average molecular weight is 386 g/mol. The Labute approximate surface area is 164 Å². The number of nitrogens with zero attached hydrogens (tertiary/aromatic N) is 1. The molecule has 3 rings (SSSR count). The largest absolute Gasteiger partial charge is 0.348 e. The second kappa shape index (κ2) is 9.15. The summed E-state index contributed by atoms with van der Waals surface area (Å²) >= 11 is 1.73. The Bertz CT molecular complexity index is 760. The summed E-state index contributed by atoms with van der Waals surface area (Å²) in [6.45, 7) is 7.47. The summed E-state index contributed by atoms with van der Waals surface area (Å²) in [7, 11) is 0. The zero-order chi connectivity index (χ0) is 19.2. The number of anilines is 1. The van der Waals surface area contributed by atoms with Crippen LogP contribution in [0.15, 0.2) is 35.0 Å². The lowest BCUT2D eigenvalue weighted by Gasteiger charge is -2.31. The summed E-state index contributed by atoms with van der Waals surface area (Å²) in [6.07, 6.45) is 2.09. The van der Waals surface area contributed by atoms with Crippen LogP contribution in [0.4, 0.5) is 5.69 Å². The third-order valence-electron chi connectivity index (χ3n) is 5.17. The van der Waals surface area contributed by atoms with Gasteiger partial charge in [0.05, 0.1) is 0 Å². The second-order valence-electron chi connectivity index (χ2n) is 7.28. The minimum atomic E-state index is -0.595. The monoisotopic (exact) mass is 385 g/mol. The Hall–Kier alpha value is -2.18. The van der Waals surface area contributed by atoms with Crippen molar-refractivity contribution < 1.29 is 9.59 Å². The molecule has 0 radical (unpaired) electrons. The van der Waals surface area contributed by atoms with E-state index < -0.39 is 11.8 Å². The van der Waals surface area contributed by atoms with E-state index in [9.17, 15) is 9.59 Å². The number of likely N-dealkylation sites (tertiary alicyclic amines) is 1. The molecule has 1 fully saturated rings. The number of thiophene rings is 1. The fourth-order valence-electron chi connectivity index (χ4n) is 3.49. The molecule has 0 atom stereocenters. The van der Waals surface area contributed by atoms with E-state index in [2.05, 4.69) is 32.4 Å². The van der Waals surface area contributed by atoms with Crippen molar-refractivity contribution in [2.75, 3.05) is 25.0 Å². The van der Waals surface area contributed by atoms with E-state index in [-0.39, 0.29) is 0 Å². The minimum absolute atomic E-state index is 0.431. The number of hydrogen-bond donors (Lipinski definition) is 2. The summed E-state index contributed by atoms with van der Waals surface area (Å²) in [6, 6.07) is 7.95. The molecule has 27 heavy (non-hydrogen) atoms. The Kier molecular flexibility index (Phi) is 6.63. The predicted octanol–water partition coefficient (Wildman–Crippen LogP) is 3.33. The van der Waals surface area contributed by atoms with Gasteiger partial charge in [0.25, 0.3) is 0 Å². The number of nitrogens with one attached hydrogen (secondary N) is 2. The zero-order valence-electron chi connectivity index (χ0n) is 16.0. The molecule has 6 heteroatoms. The third kappa shape index (κ3) is 5.40. The van der Waals surface area contributed by atoms with Gasteiger partial charge in [-0.1, -0.05) is 18.2 Å². The maximum atomic E-state index is 12.2. The number of piperidine rings is 1. The van der Waals surface area contributed by atoms with Crippen LogP contribution >= 0.6 is 11.3 Å². The molecule has 1 aromatic carbocycles. The number of hydrogen-bond acceptors (Lipinski definition) is 4. The van der Waals surface area contributed by atoms with Crippen LogP contribution in [0, 0.1) is 19.8 Å². The van der Waals surface area contributed by atoms with E-state index >= 15 is 0 Å². The van der Waals surface area contributed by atoms with Crippen molar-refractivity contribution in [2.45, 2.75) is 33.2 Å². The molecule has 2 heterocycles. The van der Waals surface area contributed by atoms with Crippen LogP contribution in [0.2, 0.25) is 0 Å². The van der Waals surface area contributed by atoms with Crippen molar-refractivity contribution in [1.29, 1.82) is 0 Å². The summed E-state index contributed by atoms with van der Waals surface area (Å²) in [5.41, 5.74) is 4.00. The van der Waals surface area contributed by atoms with Crippen LogP contribution < -0.4 is 10.6 Å². The summed E-state index contributed by atoms with van der Waals surface area (Å²) in [5, 5.41) is 9.85. The first-order valence-electron chi connectivity index (χ1n) is 9.41. The van der Waals surface area contributed by atoms with Crippen LogP contribution in [-0.2, 0) is 16.1 Å². The van der Waals surface area contributed by atoms with Crippen LogP contribution in [0.25, 0.3) is 0 Å². The van der Waals surface area contributed by atoms with Crippen molar-refractivity contribution in [2.24, 2.45) is 5.92 Å². The van der Waals surface area contributed by atoms with Crippen molar-refractivity contribution >= 4 is 28.8 Å². The van der Waals surface area contributed by atoms with Gasteiger partial charge in [-0.15, -0.1) is 0 Å². The first-order valence-corrected chi connectivity index (χ1v) is 10.4. The molecule has 2 aromatic rings. The van der Waals surface area contributed by atoms with Gasteiger partial charge < -0.3 is 10.6 Å². The topological polar surface area (TPSA) is 61.4 Å². The molecule has 144 valence electrons. The van der Waals surface area contributed by atoms with Gasteiger partial charge in [-0.25, -0.2) is 0 Å². The highest BCUT2D eigenvalue weighted by molar-refractivity contribution is 7.07. The number of amides is 2. The molecular weight excluding hydrogens is 358 g/mol. The number of benzene rings is 1. The van der Waals surface area contributed by atoms with Gasteiger partial charge in [0.2, 0.25) is 0 Å². The number of rotatable bonds is 5. The fraction of sp³-hybridized carbons (Fsp3) is 0.429. The van der Waals surface area contributed by atoms with Crippen molar-refractivity contribution in [3.05, 3.63) is 51.7 Å². The van der Waals surface area contributed by atoms with Crippen LogP contribution in [0.3, 0.4) is 0 Å². The molecule has 0 bridgehead atoms. The van der Waals surface area contributed by atoms with E-state index in [1.807, 2.05) is 32.0 Å². The fourth-order valence-corrected chi connectivity index (χ4v) is 4.15. The lowest BCUT2D eigenvalue weighted by Crippen LogP contribution is -2.41. The first kappa shape index (κ1) is 19.6. The van der Waals surface area contributed by atoms with Gasteiger partial charge in [0.15, 0.2) is 0 Å². The highest BCUT2D eigenvalue weighted by Crippen LogP contribution is 2.20. The Morgan fingerprint density at radius 1 is 1.11 bits per heavy atom. The molecule has 5 nitrogen and oxygen atoms in total. The quantitative estimate of drug-likeness (QED) is 0.776. The highest BCUT2D eigenvalue weighted by Gasteiger charge is 2.22.